The van der Waals surface area contributed by atoms with E-state index in [9.17, 15) is 4.57 Å². The van der Waals surface area contributed by atoms with Crippen molar-refractivity contribution in [3.05, 3.63) is 0 Å². The van der Waals surface area contributed by atoms with E-state index in [4.69, 9.17) is 17.8 Å². The maximum atomic E-state index is 12.0. The summed E-state index contributed by atoms with van der Waals surface area (Å²) in [5, 5.41) is 0. The largest absolute Gasteiger partial charge is 0.502 e. The molecule has 0 heterocycles. The van der Waals surface area contributed by atoms with Crippen molar-refractivity contribution in [1.82, 2.24) is 0 Å². The summed E-state index contributed by atoms with van der Waals surface area (Å²) in [5.41, 5.74) is 0. The number of rotatable bonds is 9. The van der Waals surface area contributed by atoms with Gasteiger partial charge in [-0.15, -0.1) is 0 Å². The molecule has 0 spiro atoms. The molecule has 0 saturated carbocycles. The SMILES string of the molecule is CCP(=O)(CC)OCC[Si](OC)(OC)OC. The van der Waals surface area contributed by atoms with Gasteiger partial charge in [0.25, 0.3) is 0 Å². The molecule has 0 bridgehead atoms. The Kier molecular flexibility index (Phi) is 7.72. The molecule has 0 aromatic rings. The summed E-state index contributed by atoms with van der Waals surface area (Å²) in [6, 6.07) is 0.514. The van der Waals surface area contributed by atoms with Crippen LogP contribution < -0.4 is 0 Å². The van der Waals surface area contributed by atoms with Crippen LogP contribution in [0.1, 0.15) is 13.8 Å². The normalized spacial score (nSPS) is 13.1. The van der Waals surface area contributed by atoms with E-state index in [1.807, 2.05) is 13.8 Å². The van der Waals surface area contributed by atoms with Gasteiger partial charge in [0.15, 0.2) is 0 Å². The van der Waals surface area contributed by atoms with E-state index < -0.39 is 16.2 Å². The van der Waals surface area contributed by atoms with Gasteiger partial charge in [0.1, 0.15) is 0 Å². The first-order valence-electron chi connectivity index (χ1n) is 5.39. The third-order valence-corrected chi connectivity index (χ3v) is 7.89. The quantitative estimate of drug-likeness (QED) is 0.475. The fourth-order valence-corrected chi connectivity index (χ4v) is 4.17. The molecule has 0 aliphatic carbocycles. The highest BCUT2D eigenvalue weighted by Crippen LogP contribution is 2.46. The second kappa shape index (κ2) is 7.58. The van der Waals surface area contributed by atoms with Crippen LogP contribution in [-0.2, 0) is 22.4 Å². The van der Waals surface area contributed by atoms with E-state index >= 15 is 0 Å². The van der Waals surface area contributed by atoms with Crippen molar-refractivity contribution in [3.8, 4) is 0 Å². The Bertz CT molecular complexity index is 216. The highest BCUT2D eigenvalue weighted by molar-refractivity contribution is 7.58. The predicted octanol–water partition coefficient (Wildman–Crippen LogP) is 2.20. The average Bonchev–Trinajstić information content (AvgIpc) is 2.35. The average molecular weight is 270 g/mol. The lowest BCUT2D eigenvalue weighted by Gasteiger charge is -2.25. The molecule has 0 fully saturated rings. The summed E-state index contributed by atoms with van der Waals surface area (Å²) in [6.45, 7) is 4.09. The van der Waals surface area contributed by atoms with E-state index in [0.29, 0.717) is 25.0 Å². The van der Waals surface area contributed by atoms with Gasteiger partial charge in [-0.1, -0.05) is 13.8 Å². The van der Waals surface area contributed by atoms with Gasteiger partial charge in [-0.2, -0.15) is 0 Å². The van der Waals surface area contributed by atoms with Gasteiger partial charge in [0, 0.05) is 39.7 Å². The first-order chi connectivity index (χ1) is 7.51. The fourth-order valence-electron chi connectivity index (χ4n) is 1.30. The molecular formula is C9H23O5PSi. The molecule has 98 valence electrons. The second-order valence-corrected chi connectivity index (χ2v) is 9.57. The van der Waals surface area contributed by atoms with Gasteiger partial charge in [0.2, 0.25) is 7.37 Å². The summed E-state index contributed by atoms with van der Waals surface area (Å²) in [5.74, 6) is 0. The highest BCUT2D eigenvalue weighted by Gasteiger charge is 2.38. The Balaban J connectivity index is 4.18. The molecule has 0 saturated heterocycles. The van der Waals surface area contributed by atoms with Gasteiger partial charge in [-0.25, -0.2) is 0 Å². The van der Waals surface area contributed by atoms with Crippen molar-refractivity contribution < 1.29 is 22.4 Å². The molecule has 0 aromatic heterocycles. The summed E-state index contributed by atoms with van der Waals surface area (Å²) < 4.78 is 33.1. The van der Waals surface area contributed by atoms with E-state index in [2.05, 4.69) is 0 Å². The smallest absolute Gasteiger partial charge is 0.377 e. The Morgan fingerprint density at radius 1 is 1.00 bits per heavy atom. The molecule has 0 atom stereocenters. The first kappa shape index (κ1) is 16.3. The lowest BCUT2D eigenvalue weighted by Crippen LogP contribution is -2.43. The van der Waals surface area contributed by atoms with Gasteiger partial charge < -0.3 is 17.8 Å². The molecule has 7 heteroatoms. The number of hydrogen-bond donors (Lipinski definition) is 0. The van der Waals surface area contributed by atoms with E-state index in [0.717, 1.165) is 0 Å². The number of hydrogen-bond acceptors (Lipinski definition) is 5. The standard InChI is InChI=1S/C9H23O5PSi/c1-6-15(10,7-2)14-8-9-16(11-3,12-4)13-5/h6-9H2,1-5H3. The molecule has 0 aromatic carbocycles. The van der Waals surface area contributed by atoms with Crippen LogP contribution in [0.2, 0.25) is 6.04 Å². The minimum Gasteiger partial charge on any atom is -0.377 e. The van der Waals surface area contributed by atoms with Crippen molar-refractivity contribution >= 4 is 16.2 Å². The van der Waals surface area contributed by atoms with Crippen LogP contribution >= 0.6 is 7.37 Å². The van der Waals surface area contributed by atoms with Crippen molar-refractivity contribution in [1.29, 1.82) is 0 Å². The molecule has 0 aliphatic heterocycles. The van der Waals surface area contributed by atoms with Crippen molar-refractivity contribution in [2.45, 2.75) is 19.9 Å². The van der Waals surface area contributed by atoms with E-state index in [-0.39, 0.29) is 0 Å². The maximum absolute atomic E-state index is 12.0. The zero-order chi connectivity index (χ0) is 12.7. The van der Waals surface area contributed by atoms with Gasteiger partial charge in [-0.3, -0.25) is 4.57 Å². The van der Waals surface area contributed by atoms with Crippen LogP contribution in [-0.4, -0.2) is 49.1 Å². The molecule has 0 radical (unpaired) electrons. The molecule has 0 amide bonds. The van der Waals surface area contributed by atoms with Crippen LogP contribution in [0.5, 0.6) is 0 Å². The fraction of sp³-hybridized carbons (Fsp3) is 1.00. The Labute approximate surface area is 99.2 Å². The summed E-state index contributed by atoms with van der Waals surface area (Å²) in [4.78, 5) is 0. The molecule has 5 nitrogen and oxygen atoms in total. The molecule has 0 rings (SSSR count). The van der Waals surface area contributed by atoms with Crippen LogP contribution in [0, 0.1) is 0 Å². The molecular weight excluding hydrogens is 247 g/mol. The van der Waals surface area contributed by atoms with Gasteiger partial charge >= 0.3 is 8.80 Å². The van der Waals surface area contributed by atoms with Gasteiger partial charge in [-0.05, 0) is 0 Å². The Morgan fingerprint density at radius 3 is 1.75 bits per heavy atom. The third-order valence-electron chi connectivity index (χ3n) is 2.63. The second-order valence-electron chi connectivity index (χ2n) is 3.33. The highest BCUT2D eigenvalue weighted by atomic mass is 31.2. The van der Waals surface area contributed by atoms with E-state index in [1.165, 1.54) is 0 Å². The minimum atomic E-state index is -2.59. The van der Waals surface area contributed by atoms with Crippen LogP contribution in [0.3, 0.4) is 0 Å². The minimum absolute atomic E-state index is 0.348. The zero-order valence-corrected chi connectivity index (χ0v) is 12.7. The topological polar surface area (TPSA) is 54.0 Å². The van der Waals surface area contributed by atoms with Crippen molar-refractivity contribution in [3.63, 3.8) is 0 Å². The monoisotopic (exact) mass is 270 g/mol. The first-order valence-corrected chi connectivity index (χ1v) is 9.32. The summed E-state index contributed by atoms with van der Waals surface area (Å²) in [7, 11) is -0.370. The van der Waals surface area contributed by atoms with E-state index in [1.54, 1.807) is 21.3 Å². The molecule has 0 aliphatic rings. The summed E-state index contributed by atoms with van der Waals surface area (Å²) in [6.07, 6.45) is 1.12. The van der Waals surface area contributed by atoms with Crippen LogP contribution in [0.4, 0.5) is 0 Å². The zero-order valence-electron chi connectivity index (χ0n) is 10.8. The lowest BCUT2D eigenvalue weighted by molar-refractivity contribution is 0.118. The third kappa shape index (κ3) is 4.65. The molecule has 16 heavy (non-hydrogen) atoms. The van der Waals surface area contributed by atoms with Crippen molar-refractivity contribution in [2.75, 3.05) is 40.3 Å². The Morgan fingerprint density at radius 2 is 1.44 bits per heavy atom. The maximum Gasteiger partial charge on any atom is 0.502 e. The Hall–Kier alpha value is 0.287. The van der Waals surface area contributed by atoms with Crippen LogP contribution in [0.15, 0.2) is 0 Å². The van der Waals surface area contributed by atoms with Crippen molar-refractivity contribution in [2.24, 2.45) is 0 Å². The van der Waals surface area contributed by atoms with Gasteiger partial charge in [0.05, 0.1) is 6.61 Å². The lowest BCUT2D eigenvalue weighted by atomic mass is 10.9. The summed E-state index contributed by atoms with van der Waals surface area (Å²) >= 11 is 0. The molecule has 0 N–H and O–H groups in total. The predicted molar refractivity (Wildman–Crippen MR) is 66.2 cm³/mol. The molecule has 0 unspecified atom stereocenters. The van der Waals surface area contributed by atoms with Crippen LogP contribution in [0.25, 0.3) is 0 Å².